The van der Waals surface area contributed by atoms with Crippen LogP contribution in [0.4, 0.5) is 14.9 Å². The number of benzene rings is 2. The zero-order chi connectivity index (χ0) is 26.6. The number of rotatable bonds is 13. The van der Waals surface area contributed by atoms with Crippen molar-refractivity contribution in [2.45, 2.75) is 13.0 Å². The first-order chi connectivity index (χ1) is 17.9. The first kappa shape index (κ1) is 27.9. The van der Waals surface area contributed by atoms with Gasteiger partial charge in [-0.1, -0.05) is 18.2 Å². The number of halogens is 1. The van der Waals surface area contributed by atoms with Gasteiger partial charge in [-0.2, -0.15) is 0 Å². The van der Waals surface area contributed by atoms with Crippen LogP contribution in [0.3, 0.4) is 0 Å². The Morgan fingerprint density at radius 1 is 0.946 bits per heavy atom. The molecule has 198 valence electrons. The third-order valence-electron chi connectivity index (χ3n) is 5.65. The van der Waals surface area contributed by atoms with Crippen molar-refractivity contribution < 1.29 is 28.2 Å². The van der Waals surface area contributed by atoms with Crippen molar-refractivity contribution in [2.24, 2.45) is 0 Å². The molecule has 0 radical (unpaired) electrons. The van der Waals surface area contributed by atoms with Gasteiger partial charge in [-0.05, 0) is 53.8 Å². The van der Waals surface area contributed by atoms with Crippen molar-refractivity contribution in [2.75, 3.05) is 52.9 Å². The zero-order valence-corrected chi connectivity index (χ0v) is 22.1. The van der Waals surface area contributed by atoms with Crippen LogP contribution in [0.5, 0.6) is 11.5 Å². The number of ether oxygens (including phenoxy) is 3. The van der Waals surface area contributed by atoms with E-state index in [9.17, 15) is 14.0 Å². The van der Waals surface area contributed by atoms with Crippen LogP contribution >= 0.6 is 11.3 Å². The largest absolute Gasteiger partial charge is 0.493 e. The van der Waals surface area contributed by atoms with E-state index in [1.807, 2.05) is 35.7 Å². The molecule has 1 N–H and O–H groups in total. The number of hydrogen-bond acceptors (Lipinski definition) is 6. The molecule has 0 fully saturated rings. The highest BCUT2D eigenvalue weighted by atomic mass is 32.1. The summed E-state index contributed by atoms with van der Waals surface area (Å²) in [5.74, 6) is 0.584. The molecule has 0 bridgehead atoms. The smallest absolute Gasteiger partial charge is 0.322 e. The minimum Gasteiger partial charge on any atom is -0.493 e. The number of urea groups is 1. The number of nitrogens with one attached hydrogen (secondary N) is 1. The Balaban J connectivity index is 1.73. The zero-order valence-electron chi connectivity index (χ0n) is 21.2. The third-order valence-corrected chi connectivity index (χ3v) is 6.51. The van der Waals surface area contributed by atoms with Crippen LogP contribution in [-0.4, -0.2) is 69.3 Å². The Hall–Kier alpha value is -3.63. The van der Waals surface area contributed by atoms with Gasteiger partial charge in [0.2, 0.25) is 5.91 Å². The first-order valence-corrected chi connectivity index (χ1v) is 12.6. The van der Waals surface area contributed by atoms with Gasteiger partial charge in [0, 0.05) is 30.8 Å². The summed E-state index contributed by atoms with van der Waals surface area (Å²) in [6, 6.07) is 14.7. The maximum absolute atomic E-state index is 13.6. The predicted molar refractivity (Wildman–Crippen MR) is 142 cm³/mol. The molecule has 0 saturated heterocycles. The van der Waals surface area contributed by atoms with Crippen LogP contribution < -0.4 is 14.8 Å². The monoisotopic (exact) mass is 529 g/mol. The normalized spacial score (nSPS) is 10.6. The summed E-state index contributed by atoms with van der Waals surface area (Å²) in [6.07, 6.45) is 0.588. The molecule has 0 atom stereocenters. The Labute approximate surface area is 220 Å². The van der Waals surface area contributed by atoms with E-state index in [1.165, 1.54) is 30.2 Å². The van der Waals surface area contributed by atoms with E-state index in [0.717, 1.165) is 10.4 Å². The Bertz CT molecular complexity index is 1160. The fourth-order valence-electron chi connectivity index (χ4n) is 3.67. The van der Waals surface area contributed by atoms with Gasteiger partial charge in [-0.3, -0.25) is 4.79 Å². The molecule has 1 heterocycles. The molecular weight excluding hydrogens is 497 g/mol. The average molecular weight is 530 g/mol. The van der Waals surface area contributed by atoms with E-state index in [1.54, 1.807) is 36.5 Å². The number of carbonyl (C=O) groups excluding carboxylic acids is 2. The molecule has 3 amide bonds. The van der Waals surface area contributed by atoms with Gasteiger partial charge in [0.05, 0.1) is 27.4 Å². The third kappa shape index (κ3) is 8.47. The molecule has 0 saturated carbocycles. The molecule has 37 heavy (non-hydrogen) atoms. The van der Waals surface area contributed by atoms with Gasteiger partial charge in [0.1, 0.15) is 12.4 Å². The van der Waals surface area contributed by atoms with Crippen LogP contribution in [0.1, 0.15) is 10.4 Å². The molecule has 3 rings (SSSR count). The molecule has 8 nitrogen and oxygen atoms in total. The lowest BCUT2D eigenvalue weighted by Gasteiger charge is -2.27. The fourth-order valence-corrected chi connectivity index (χ4v) is 4.39. The Morgan fingerprint density at radius 3 is 2.43 bits per heavy atom. The van der Waals surface area contributed by atoms with Crippen LogP contribution in [-0.2, 0) is 22.5 Å². The van der Waals surface area contributed by atoms with E-state index >= 15 is 0 Å². The highest BCUT2D eigenvalue weighted by molar-refractivity contribution is 7.09. The van der Waals surface area contributed by atoms with E-state index in [2.05, 4.69) is 5.32 Å². The second kappa shape index (κ2) is 14.2. The minimum atomic E-state index is -0.507. The van der Waals surface area contributed by atoms with Crippen LogP contribution in [0.25, 0.3) is 0 Å². The molecule has 0 unspecified atom stereocenters. The quantitative estimate of drug-likeness (QED) is 0.349. The van der Waals surface area contributed by atoms with Gasteiger partial charge in [0.25, 0.3) is 0 Å². The van der Waals surface area contributed by atoms with E-state index in [0.29, 0.717) is 36.7 Å². The molecule has 3 aromatic rings. The van der Waals surface area contributed by atoms with Crippen molar-refractivity contribution in [1.29, 1.82) is 0 Å². The van der Waals surface area contributed by atoms with Crippen molar-refractivity contribution in [3.8, 4) is 11.5 Å². The highest BCUT2D eigenvalue weighted by Crippen LogP contribution is 2.28. The van der Waals surface area contributed by atoms with Crippen LogP contribution in [0, 0.1) is 5.82 Å². The summed E-state index contributed by atoms with van der Waals surface area (Å²) in [7, 11) is 4.69. The number of amides is 3. The van der Waals surface area contributed by atoms with Crippen LogP contribution in [0.2, 0.25) is 0 Å². The van der Waals surface area contributed by atoms with E-state index in [4.69, 9.17) is 14.2 Å². The van der Waals surface area contributed by atoms with Gasteiger partial charge in [-0.25, -0.2) is 9.18 Å². The van der Waals surface area contributed by atoms with Crippen molar-refractivity contribution in [3.63, 3.8) is 0 Å². The van der Waals surface area contributed by atoms with Crippen molar-refractivity contribution >= 4 is 29.0 Å². The lowest BCUT2D eigenvalue weighted by molar-refractivity contribution is -0.132. The van der Waals surface area contributed by atoms with Crippen molar-refractivity contribution in [3.05, 3.63) is 76.2 Å². The molecule has 2 aromatic carbocycles. The van der Waals surface area contributed by atoms with Crippen LogP contribution in [0.15, 0.2) is 60.0 Å². The average Bonchev–Trinajstić information content (AvgIpc) is 3.41. The van der Waals surface area contributed by atoms with Gasteiger partial charge in [0.15, 0.2) is 11.5 Å². The van der Waals surface area contributed by atoms with Gasteiger partial charge in [-0.15, -0.1) is 11.3 Å². The summed E-state index contributed by atoms with van der Waals surface area (Å²) in [5.41, 5.74) is 1.30. The Morgan fingerprint density at radius 2 is 1.76 bits per heavy atom. The maximum Gasteiger partial charge on any atom is 0.322 e. The molecular formula is C27H32FN3O5S. The standard InChI is InChI=1S/C27H32FN3O5S/c1-34-14-13-31(27(33)29-22-7-4-6-21(28)17-22)19-26(32)30(18-23-8-5-15-37-23)12-11-20-9-10-24(35-2)25(16-20)36-3/h4-10,15-17H,11-14,18-19H2,1-3H3,(H,29,33). The topological polar surface area (TPSA) is 80.3 Å². The number of hydrogen-bond donors (Lipinski definition) is 1. The summed E-state index contributed by atoms with van der Waals surface area (Å²) in [4.78, 5) is 30.6. The highest BCUT2D eigenvalue weighted by Gasteiger charge is 2.22. The summed E-state index contributed by atoms with van der Waals surface area (Å²) >= 11 is 1.56. The second-order valence-electron chi connectivity index (χ2n) is 8.19. The molecule has 0 spiro atoms. The van der Waals surface area contributed by atoms with Gasteiger partial charge >= 0.3 is 6.03 Å². The minimum absolute atomic E-state index is 0.151. The lowest BCUT2D eigenvalue weighted by atomic mass is 10.1. The first-order valence-electron chi connectivity index (χ1n) is 11.7. The molecule has 1 aromatic heterocycles. The number of carbonyl (C=O) groups is 2. The number of anilines is 1. The maximum atomic E-state index is 13.6. The molecule has 0 aliphatic carbocycles. The number of thiophene rings is 1. The SMILES string of the molecule is COCCN(CC(=O)N(CCc1ccc(OC)c(OC)c1)Cc1cccs1)C(=O)Nc1cccc(F)c1. The summed E-state index contributed by atoms with van der Waals surface area (Å²) < 4.78 is 29.4. The molecule has 0 aliphatic rings. The molecule has 10 heteroatoms. The number of methoxy groups -OCH3 is 3. The summed E-state index contributed by atoms with van der Waals surface area (Å²) in [6.45, 7) is 1.16. The van der Waals surface area contributed by atoms with E-state index < -0.39 is 11.8 Å². The lowest BCUT2D eigenvalue weighted by Crippen LogP contribution is -2.46. The predicted octanol–water partition coefficient (Wildman–Crippen LogP) is 4.66. The summed E-state index contributed by atoms with van der Waals surface area (Å²) in [5, 5.41) is 4.62. The fraction of sp³-hybridized carbons (Fsp3) is 0.333. The van der Waals surface area contributed by atoms with Crippen molar-refractivity contribution in [1.82, 2.24) is 9.80 Å². The number of nitrogens with zero attached hydrogens (tertiary/aromatic N) is 2. The molecule has 0 aliphatic heterocycles. The second-order valence-corrected chi connectivity index (χ2v) is 9.22. The Kier molecular flexibility index (Phi) is 10.7. The van der Waals surface area contributed by atoms with Gasteiger partial charge < -0.3 is 29.3 Å². The van der Waals surface area contributed by atoms with E-state index in [-0.39, 0.29) is 25.6 Å².